The molecule has 0 aliphatic heterocycles. The Morgan fingerprint density at radius 2 is 1.95 bits per heavy atom. The number of anilines is 1. The van der Waals surface area contributed by atoms with Gasteiger partial charge in [-0.15, -0.1) is 0 Å². The van der Waals surface area contributed by atoms with E-state index in [1.807, 2.05) is 67.2 Å². The first kappa shape index (κ1) is 13.4. The van der Waals surface area contributed by atoms with E-state index < -0.39 is 0 Å². The van der Waals surface area contributed by atoms with Crippen molar-refractivity contribution in [2.75, 3.05) is 5.73 Å². The minimum absolute atomic E-state index is 0.135. The first-order valence-corrected chi connectivity index (χ1v) is 6.98. The van der Waals surface area contributed by atoms with Crippen LogP contribution in [-0.4, -0.2) is 10.4 Å². The van der Waals surface area contributed by atoms with Gasteiger partial charge >= 0.3 is 0 Å². The van der Waals surface area contributed by atoms with Gasteiger partial charge in [0, 0.05) is 41.8 Å². The summed E-state index contributed by atoms with van der Waals surface area (Å²) in [5.41, 5.74) is 10.5. The largest absolute Gasteiger partial charge is 0.399 e. The molecule has 1 aromatic heterocycles. The Bertz CT molecular complexity index is 830. The highest BCUT2D eigenvalue weighted by molar-refractivity contribution is 6.08. The summed E-state index contributed by atoms with van der Waals surface area (Å²) in [6, 6.07) is 13.7. The van der Waals surface area contributed by atoms with Gasteiger partial charge in [0.05, 0.1) is 0 Å². The van der Waals surface area contributed by atoms with Gasteiger partial charge in [-0.3, -0.25) is 4.79 Å². The van der Waals surface area contributed by atoms with Gasteiger partial charge in [-0.25, -0.2) is 0 Å². The monoisotopic (exact) mass is 278 g/mol. The summed E-state index contributed by atoms with van der Waals surface area (Å²) < 4.78 is 2.00. The predicted octanol–water partition coefficient (Wildman–Crippen LogP) is 3.49. The third kappa shape index (κ3) is 2.42. The second kappa shape index (κ2) is 5.09. The number of benzene rings is 2. The minimum atomic E-state index is 0.135. The number of fused-ring (bicyclic) bond motifs is 1. The fourth-order valence-electron chi connectivity index (χ4n) is 2.69. The van der Waals surface area contributed by atoms with Crippen LogP contribution in [0.15, 0.2) is 48.7 Å². The number of carbonyl (C=O) groups is 1. The normalized spacial score (nSPS) is 11.0. The van der Waals surface area contributed by atoms with E-state index >= 15 is 0 Å². The summed E-state index contributed by atoms with van der Waals surface area (Å²) in [5.74, 6) is 0.135. The van der Waals surface area contributed by atoms with E-state index in [2.05, 4.69) is 0 Å². The Labute approximate surface area is 124 Å². The molecule has 1 heterocycles. The fraction of sp³-hybridized carbons (Fsp3) is 0.167. The summed E-state index contributed by atoms with van der Waals surface area (Å²) in [4.78, 5) is 12.6. The third-order valence-corrected chi connectivity index (χ3v) is 3.90. The number of para-hydroxylation sites is 1. The second-order valence-electron chi connectivity index (χ2n) is 5.46. The Balaban J connectivity index is 1.95. The topological polar surface area (TPSA) is 48.0 Å². The van der Waals surface area contributed by atoms with Crippen molar-refractivity contribution in [2.24, 2.45) is 7.05 Å². The van der Waals surface area contributed by atoms with Gasteiger partial charge in [0.2, 0.25) is 0 Å². The molecule has 2 N–H and O–H groups in total. The number of hydrogen-bond acceptors (Lipinski definition) is 2. The SMILES string of the molecule is Cc1cc(CC(=O)c2cn(C)c3ccccc23)ccc1N. The molecule has 21 heavy (non-hydrogen) atoms. The zero-order valence-electron chi connectivity index (χ0n) is 12.3. The van der Waals surface area contributed by atoms with Crippen molar-refractivity contribution >= 4 is 22.4 Å². The quantitative estimate of drug-likeness (QED) is 0.589. The first-order valence-electron chi connectivity index (χ1n) is 6.98. The number of rotatable bonds is 3. The molecule has 0 saturated carbocycles. The van der Waals surface area contributed by atoms with Crippen LogP contribution in [-0.2, 0) is 13.5 Å². The maximum absolute atomic E-state index is 12.6. The van der Waals surface area contributed by atoms with Gasteiger partial charge in [0.15, 0.2) is 5.78 Å². The number of nitrogens with zero attached hydrogens (tertiary/aromatic N) is 1. The van der Waals surface area contributed by atoms with Crippen molar-refractivity contribution in [3.05, 3.63) is 65.4 Å². The zero-order valence-corrected chi connectivity index (χ0v) is 12.3. The molecule has 0 radical (unpaired) electrons. The summed E-state index contributed by atoms with van der Waals surface area (Å²) in [6.45, 7) is 1.96. The Morgan fingerprint density at radius 1 is 1.19 bits per heavy atom. The standard InChI is InChI=1S/C18H18N2O/c1-12-9-13(7-8-16(12)19)10-18(21)15-11-20(2)17-6-4-3-5-14(15)17/h3-9,11H,10,19H2,1-2H3. The van der Waals surface area contributed by atoms with Crippen LogP contribution in [0, 0.1) is 6.92 Å². The Morgan fingerprint density at radius 3 is 2.71 bits per heavy atom. The lowest BCUT2D eigenvalue weighted by atomic mass is 10.0. The summed E-state index contributed by atoms with van der Waals surface area (Å²) in [5, 5.41) is 1.01. The van der Waals surface area contributed by atoms with Crippen molar-refractivity contribution in [3.8, 4) is 0 Å². The van der Waals surface area contributed by atoms with Crippen molar-refractivity contribution < 1.29 is 4.79 Å². The predicted molar refractivity (Wildman–Crippen MR) is 86.5 cm³/mol. The van der Waals surface area contributed by atoms with Gasteiger partial charge in [-0.2, -0.15) is 0 Å². The fourth-order valence-corrected chi connectivity index (χ4v) is 2.69. The number of carbonyl (C=O) groups excluding carboxylic acids is 1. The van der Waals surface area contributed by atoms with Crippen LogP contribution in [0.2, 0.25) is 0 Å². The first-order chi connectivity index (χ1) is 10.1. The van der Waals surface area contributed by atoms with Crippen molar-refractivity contribution in [1.82, 2.24) is 4.57 Å². The molecule has 2 aromatic carbocycles. The van der Waals surface area contributed by atoms with E-state index in [1.165, 1.54) is 0 Å². The third-order valence-electron chi connectivity index (χ3n) is 3.90. The molecular formula is C18H18N2O. The zero-order chi connectivity index (χ0) is 15.0. The number of aromatic nitrogens is 1. The second-order valence-corrected chi connectivity index (χ2v) is 5.46. The van der Waals surface area contributed by atoms with Crippen LogP contribution in [0.4, 0.5) is 5.69 Å². The molecule has 0 saturated heterocycles. The molecule has 0 spiro atoms. The molecule has 3 nitrogen and oxygen atoms in total. The number of aryl methyl sites for hydroxylation is 2. The summed E-state index contributed by atoms with van der Waals surface area (Å²) in [6.07, 6.45) is 2.31. The summed E-state index contributed by atoms with van der Waals surface area (Å²) in [7, 11) is 1.96. The summed E-state index contributed by atoms with van der Waals surface area (Å²) >= 11 is 0. The molecule has 0 bridgehead atoms. The maximum Gasteiger partial charge on any atom is 0.169 e. The number of hydrogen-bond donors (Lipinski definition) is 1. The van der Waals surface area contributed by atoms with Crippen molar-refractivity contribution in [2.45, 2.75) is 13.3 Å². The van der Waals surface area contributed by atoms with E-state index in [0.29, 0.717) is 6.42 Å². The molecule has 0 aliphatic carbocycles. The van der Waals surface area contributed by atoms with Crippen LogP contribution in [0.25, 0.3) is 10.9 Å². The highest BCUT2D eigenvalue weighted by atomic mass is 16.1. The minimum Gasteiger partial charge on any atom is -0.399 e. The lowest BCUT2D eigenvalue weighted by Crippen LogP contribution is -2.03. The number of nitrogens with two attached hydrogens (primary N) is 1. The van der Waals surface area contributed by atoms with Gasteiger partial charge in [0.25, 0.3) is 0 Å². The van der Waals surface area contributed by atoms with Crippen LogP contribution in [0.3, 0.4) is 0 Å². The van der Waals surface area contributed by atoms with Gasteiger partial charge < -0.3 is 10.3 Å². The van der Waals surface area contributed by atoms with Gasteiger partial charge in [0.1, 0.15) is 0 Å². The molecule has 0 aliphatic rings. The highest BCUT2D eigenvalue weighted by Crippen LogP contribution is 2.22. The van der Waals surface area contributed by atoms with E-state index in [-0.39, 0.29) is 5.78 Å². The highest BCUT2D eigenvalue weighted by Gasteiger charge is 2.14. The van der Waals surface area contributed by atoms with Crippen molar-refractivity contribution in [3.63, 3.8) is 0 Å². The molecule has 0 fully saturated rings. The Hall–Kier alpha value is -2.55. The van der Waals surface area contributed by atoms with Gasteiger partial charge in [-0.1, -0.05) is 30.3 Å². The van der Waals surface area contributed by atoms with Crippen molar-refractivity contribution in [1.29, 1.82) is 0 Å². The average molecular weight is 278 g/mol. The molecular weight excluding hydrogens is 260 g/mol. The van der Waals surface area contributed by atoms with Crippen LogP contribution in [0.1, 0.15) is 21.5 Å². The molecule has 0 unspecified atom stereocenters. The van der Waals surface area contributed by atoms with E-state index in [4.69, 9.17) is 5.73 Å². The van der Waals surface area contributed by atoms with E-state index in [1.54, 1.807) is 0 Å². The lowest BCUT2D eigenvalue weighted by molar-refractivity contribution is 0.0994. The van der Waals surface area contributed by atoms with E-state index in [0.717, 1.165) is 33.3 Å². The van der Waals surface area contributed by atoms with Crippen LogP contribution in [0.5, 0.6) is 0 Å². The number of nitrogen functional groups attached to an aromatic ring is 1. The molecule has 3 rings (SSSR count). The molecule has 106 valence electrons. The lowest BCUT2D eigenvalue weighted by Gasteiger charge is -2.04. The molecule has 0 atom stereocenters. The molecule has 3 heteroatoms. The average Bonchev–Trinajstić information content (AvgIpc) is 2.81. The van der Waals surface area contributed by atoms with Crippen LogP contribution < -0.4 is 5.73 Å². The molecule has 0 amide bonds. The Kier molecular flexibility index (Phi) is 3.26. The maximum atomic E-state index is 12.6. The number of Topliss-reactive ketones (excluding diaryl/α,β-unsaturated/α-hetero) is 1. The van der Waals surface area contributed by atoms with E-state index in [9.17, 15) is 4.79 Å². The number of ketones is 1. The smallest absolute Gasteiger partial charge is 0.169 e. The van der Waals surface area contributed by atoms with Crippen LogP contribution >= 0.6 is 0 Å². The van der Waals surface area contributed by atoms with Gasteiger partial charge in [-0.05, 0) is 30.2 Å². The molecule has 3 aromatic rings.